The molecule has 0 aliphatic carbocycles. The van der Waals surface area contributed by atoms with E-state index in [1.165, 1.54) is 4.90 Å². The van der Waals surface area contributed by atoms with Gasteiger partial charge in [0.05, 0.1) is 22.7 Å². The first kappa shape index (κ1) is 14.8. The van der Waals surface area contributed by atoms with Gasteiger partial charge in [-0.25, -0.2) is 4.98 Å². The smallest absolute Gasteiger partial charge is 0.235 e. The number of anilines is 1. The number of aromatic nitrogens is 1. The number of nitrogens with zero attached hydrogens (tertiary/aromatic N) is 2. The van der Waals surface area contributed by atoms with Gasteiger partial charge >= 0.3 is 0 Å². The van der Waals surface area contributed by atoms with Crippen molar-refractivity contribution in [2.24, 2.45) is 5.41 Å². The lowest BCUT2D eigenvalue weighted by atomic mass is 9.92. The Balaban J connectivity index is 2.24. The van der Waals surface area contributed by atoms with Crippen molar-refractivity contribution in [1.82, 2.24) is 9.88 Å². The highest BCUT2D eigenvalue weighted by molar-refractivity contribution is 6.31. The normalized spacial score (nSPS) is 17.7. The van der Waals surface area contributed by atoms with E-state index in [0.717, 1.165) is 6.54 Å². The highest BCUT2D eigenvalue weighted by atomic mass is 35.5. The van der Waals surface area contributed by atoms with Gasteiger partial charge in [-0.3, -0.25) is 14.5 Å². The number of hydrogen-bond acceptors (Lipinski definition) is 4. The number of amides is 2. The van der Waals surface area contributed by atoms with E-state index in [0.29, 0.717) is 16.5 Å². The Morgan fingerprint density at radius 3 is 2.65 bits per heavy atom. The van der Waals surface area contributed by atoms with Crippen LogP contribution in [-0.2, 0) is 16.1 Å². The zero-order valence-electron chi connectivity index (χ0n) is 11.9. The summed E-state index contributed by atoms with van der Waals surface area (Å²) in [5, 5.41) is 3.54. The van der Waals surface area contributed by atoms with Gasteiger partial charge in [0.25, 0.3) is 0 Å². The van der Waals surface area contributed by atoms with Gasteiger partial charge in [0.2, 0.25) is 11.8 Å². The molecule has 2 rings (SSSR count). The second-order valence-corrected chi connectivity index (χ2v) is 5.91. The SMILES string of the molecule is CCNc1ccc(Cl)c(CN2C(=O)CC(C)(C)C2=O)n1. The lowest BCUT2D eigenvalue weighted by Crippen LogP contribution is -2.33. The fraction of sp³-hybridized carbons (Fsp3) is 0.500. The second kappa shape index (κ2) is 5.40. The summed E-state index contributed by atoms with van der Waals surface area (Å²) in [6, 6.07) is 3.49. The van der Waals surface area contributed by atoms with Crippen molar-refractivity contribution in [3.8, 4) is 0 Å². The van der Waals surface area contributed by atoms with Crippen LogP contribution in [0.25, 0.3) is 0 Å². The molecular formula is C14H18ClN3O2. The van der Waals surface area contributed by atoms with E-state index in [1.807, 2.05) is 6.92 Å². The number of carbonyl (C=O) groups is 2. The number of nitrogens with one attached hydrogen (secondary N) is 1. The molecule has 1 aliphatic heterocycles. The largest absolute Gasteiger partial charge is 0.370 e. The van der Waals surface area contributed by atoms with Gasteiger partial charge in [0, 0.05) is 13.0 Å². The van der Waals surface area contributed by atoms with Gasteiger partial charge in [0.1, 0.15) is 5.82 Å². The Morgan fingerprint density at radius 2 is 2.10 bits per heavy atom. The Bertz CT molecular complexity index is 557. The summed E-state index contributed by atoms with van der Waals surface area (Å²) < 4.78 is 0. The maximum absolute atomic E-state index is 12.2. The molecule has 1 N–H and O–H groups in total. The average molecular weight is 296 g/mol. The first-order valence-corrected chi connectivity index (χ1v) is 6.97. The monoisotopic (exact) mass is 295 g/mol. The van der Waals surface area contributed by atoms with E-state index in [4.69, 9.17) is 11.6 Å². The third-order valence-electron chi connectivity index (χ3n) is 3.30. The average Bonchev–Trinajstić information content (AvgIpc) is 2.56. The van der Waals surface area contributed by atoms with Crippen LogP contribution < -0.4 is 5.32 Å². The maximum atomic E-state index is 12.2. The highest BCUT2D eigenvalue weighted by Crippen LogP contribution is 2.33. The number of likely N-dealkylation sites (tertiary alicyclic amines) is 1. The minimum absolute atomic E-state index is 0.124. The molecule has 1 aromatic heterocycles. The number of hydrogen-bond donors (Lipinski definition) is 1. The summed E-state index contributed by atoms with van der Waals surface area (Å²) in [7, 11) is 0. The second-order valence-electron chi connectivity index (χ2n) is 5.50. The van der Waals surface area contributed by atoms with Crippen LogP contribution >= 0.6 is 11.6 Å². The van der Waals surface area contributed by atoms with Gasteiger partial charge in [0.15, 0.2) is 0 Å². The maximum Gasteiger partial charge on any atom is 0.235 e. The summed E-state index contributed by atoms with van der Waals surface area (Å²) in [5.74, 6) is 0.339. The molecule has 0 bridgehead atoms. The topological polar surface area (TPSA) is 62.3 Å². The zero-order chi connectivity index (χ0) is 14.9. The van der Waals surface area contributed by atoms with Gasteiger partial charge in [-0.1, -0.05) is 25.4 Å². The van der Waals surface area contributed by atoms with Crippen LogP contribution in [0, 0.1) is 5.41 Å². The molecule has 0 unspecified atom stereocenters. The van der Waals surface area contributed by atoms with Crippen molar-refractivity contribution >= 4 is 29.2 Å². The van der Waals surface area contributed by atoms with Crippen molar-refractivity contribution in [3.05, 3.63) is 22.8 Å². The molecule has 2 amide bonds. The van der Waals surface area contributed by atoms with Crippen molar-refractivity contribution in [2.75, 3.05) is 11.9 Å². The van der Waals surface area contributed by atoms with Crippen molar-refractivity contribution < 1.29 is 9.59 Å². The first-order valence-electron chi connectivity index (χ1n) is 6.59. The molecule has 0 aromatic carbocycles. The highest BCUT2D eigenvalue weighted by Gasteiger charge is 2.44. The van der Waals surface area contributed by atoms with Crippen molar-refractivity contribution in [1.29, 1.82) is 0 Å². The van der Waals surface area contributed by atoms with Crippen LogP contribution in [0.3, 0.4) is 0 Å². The third kappa shape index (κ3) is 2.77. The van der Waals surface area contributed by atoms with Gasteiger partial charge < -0.3 is 5.32 Å². The van der Waals surface area contributed by atoms with Crippen LogP contribution in [0.1, 0.15) is 32.9 Å². The van der Waals surface area contributed by atoms with Crippen LogP contribution in [-0.4, -0.2) is 28.2 Å². The Hall–Kier alpha value is -1.62. The van der Waals surface area contributed by atoms with Crippen molar-refractivity contribution in [3.63, 3.8) is 0 Å². The molecule has 1 aliphatic rings. The van der Waals surface area contributed by atoms with Gasteiger partial charge in [-0.15, -0.1) is 0 Å². The summed E-state index contributed by atoms with van der Waals surface area (Å²) >= 11 is 6.10. The Labute approximate surface area is 123 Å². The zero-order valence-corrected chi connectivity index (χ0v) is 12.6. The number of halogens is 1. The molecule has 0 radical (unpaired) electrons. The molecule has 108 valence electrons. The van der Waals surface area contributed by atoms with E-state index in [9.17, 15) is 9.59 Å². The molecule has 0 spiro atoms. The summed E-state index contributed by atoms with van der Waals surface area (Å²) in [5.41, 5.74) is -0.104. The van der Waals surface area contributed by atoms with E-state index < -0.39 is 5.41 Å². The molecule has 1 saturated heterocycles. The summed E-state index contributed by atoms with van der Waals surface area (Å²) in [6.07, 6.45) is 0.232. The fourth-order valence-electron chi connectivity index (χ4n) is 2.21. The standard InChI is InChI=1S/C14H18ClN3O2/c1-4-16-11-6-5-9(15)10(17-11)8-18-12(19)7-14(2,3)13(18)20/h5-6H,4,7-8H2,1-3H3,(H,16,17). The van der Waals surface area contributed by atoms with Crippen LogP contribution in [0.4, 0.5) is 5.82 Å². The number of pyridine rings is 1. The summed E-state index contributed by atoms with van der Waals surface area (Å²) in [6.45, 7) is 6.38. The van der Waals surface area contributed by atoms with Crippen molar-refractivity contribution in [2.45, 2.75) is 33.7 Å². The first-order chi connectivity index (χ1) is 9.35. The van der Waals surface area contributed by atoms with Crippen LogP contribution in [0.5, 0.6) is 0 Å². The quantitative estimate of drug-likeness (QED) is 0.867. The van der Waals surface area contributed by atoms with Crippen LogP contribution in [0.2, 0.25) is 5.02 Å². The third-order valence-corrected chi connectivity index (χ3v) is 3.65. The van der Waals surface area contributed by atoms with E-state index >= 15 is 0 Å². The molecule has 1 aromatic rings. The molecule has 2 heterocycles. The lowest BCUT2D eigenvalue weighted by molar-refractivity contribution is -0.141. The fourth-order valence-corrected chi connectivity index (χ4v) is 2.38. The number of imide groups is 1. The molecule has 1 fully saturated rings. The Morgan fingerprint density at radius 1 is 1.40 bits per heavy atom. The molecule has 0 atom stereocenters. The molecule has 5 nitrogen and oxygen atoms in total. The minimum Gasteiger partial charge on any atom is -0.370 e. The predicted octanol–water partition coefficient (Wildman–Crippen LogP) is 2.45. The molecule has 20 heavy (non-hydrogen) atoms. The molecule has 0 saturated carbocycles. The predicted molar refractivity (Wildman–Crippen MR) is 77.4 cm³/mol. The van der Waals surface area contributed by atoms with Gasteiger partial charge in [-0.05, 0) is 19.1 Å². The van der Waals surface area contributed by atoms with E-state index in [2.05, 4.69) is 10.3 Å². The molecular weight excluding hydrogens is 278 g/mol. The molecule has 6 heteroatoms. The lowest BCUT2D eigenvalue weighted by Gasteiger charge is -2.18. The number of rotatable bonds is 4. The van der Waals surface area contributed by atoms with E-state index in [-0.39, 0.29) is 24.8 Å². The van der Waals surface area contributed by atoms with Crippen LogP contribution in [0.15, 0.2) is 12.1 Å². The van der Waals surface area contributed by atoms with Gasteiger partial charge in [-0.2, -0.15) is 0 Å². The Kier molecular flexibility index (Phi) is 3.99. The minimum atomic E-state index is -0.636. The van der Waals surface area contributed by atoms with E-state index in [1.54, 1.807) is 26.0 Å². The summed E-state index contributed by atoms with van der Waals surface area (Å²) in [4.78, 5) is 29.7. The number of carbonyl (C=O) groups excluding carboxylic acids is 2.